The summed E-state index contributed by atoms with van der Waals surface area (Å²) < 4.78 is 0. The van der Waals surface area contributed by atoms with Gasteiger partial charge in [-0.05, 0) is 42.5 Å². The van der Waals surface area contributed by atoms with Crippen molar-refractivity contribution in [3.63, 3.8) is 0 Å². The Labute approximate surface area is 134 Å². The number of Topliss-reactive ketones (excluding diaryl/α,β-unsaturated/α-hetero) is 2. The first-order valence-corrected chi connectivity index (χ1v) is 7.82. The summed E-state index contributed by atoms with van der Waals surface area (Å²) in [5.41, 5.74) is 1.27. The van der Waals surface area contributed by atoms with E-state index in [9.17, 15) is 9.59 Å². The zero-order valence-corrected chi connectivity index (χ0v) is 12.5. The van der Waals surface area contributed by atoms with E-state index in [0.29, 0.717) is 11.1 Å². The van der Waals surface area contributed by atoms with E-state index >= 15 is 0 Å². The number of hydrogen-bond acceptors (Lipinski definition) is 4. The summed E-state index contributed by atoms with van der Waals surface area (Å²) in [6.07, 6.45) is 11.6. The predicted octanol–water partition coefficient (Wildman–Crippen LogP) is 2.98. The molecule has 4 nitrogen and oxygen atoms in total. The normalized spacial score (nSPS) is 28.0. The minimum absolute atomic E-state index is 0.0525. The molecule has 2 bridgehead atoms. The molecule has 2 unspecified atom stereocenters. The van der Waals surface area contributed by atoms with Crippen molar-refractivity contribution in [3.8, 4) is 0 Å². The predicted molar refractivity (Wildman–Crippen MR) is 84.9 cm³/mol. The lowest BCUT2D eigenvalue weighted by Gasteiger charge is -2.26. The Hall–Kier alpha value is -2.62. The van der Waals surface area contributed by atoms with Crippen LogP contribution in [-0.2, 0) is 0 Å². The van der Waals surface area contributed by atoms with E-state index in [4.69, 9.17) is 0 Å². The van der Waals surface area contributed by atoms with Gasteiger partial charge in [0.2, 0.25) is 0 Å². The minimum atomic E-state index is -0.270. The number of fused-ring (bicyclic) bond motifs is 2. The van der Waals surface area contributed by atoms with E-state index < -0.39 is 0 Å². The largest absolute Gasteiger partial charge is 0.294 e. The molecule has 114 valence electrons. The van der Waals surface area contributed by atoms with Crippen LogP contribution in [0.2, 0.25) is 0 Å². The molecule has 2 aromatic heterocycles. The third kappa shape index (κ3) is 2.31. The molecule has 0 N–H and O–H groups in total. The molecule has 2 heterocycles. The van der Waals surface area contributed by atoms with Crippen molar-refractivity contribution in [1.82, 2.24) is 9.97 Å². The van der Waals surface area contributed by atoms with E-state index in [-0.39, 0.29) is 35.2 Å². The lowest BCUT2D eigenvalue weighted by Crippen LogP contribution is -2.33. The molecule has 0 aliphatic heterocycles. The maximum atomic E-state index is 13.0. The molecule has 4 atom stereocenters. The Morgan fingerprint density at radius 3 is 1.52 bits per heavy atom. The SMILES string of the molecule is O=C(c1ccncc1)C1C(C(=O)c2ccncc2)[C@H]2C=C[C@@H]1C2. The van der Waals surface area contributed by atoms with E-state index in [1.807, 2.05) is 0 Å². The molecule has 2 aromatic rings. The van der Waals surface area contributed by atoms with Gasteiger partial charge in [-0.2, -0.15) is 0 Å². The molecule has 23 heavy (non-hydrogen) atoms. The zero-order valence-electron chi connectivity index (χ0n) is 12.5. The highest BCUT2D eigenvalue weighted by molar-refractivity contribution is 6.06. The number of carbonyl (C=O) groups excluding carboxylic acids is 2. The van der Waals surface area contributed by atoms with Crippen LogP contribution in [0.3, 0.4) is 0 Å². The number of rotatable bonds is 4. The number of aromatic nitrogens is 2. The Balaban J connectivity index is 1.69. The number of nitrogens with zero attached hydrogens (tertiary/aromatic N) is 2. The first-order valence-electron chi connectivity index (χ1n) is 7.82. The van der Waals surface area contributed by atoms with Crippen molar-refractivity contribution < 1.29 is 9.59 Å². The van der Waals surface area contributed by atoms with Crippen LogP contribution in [0.25, 0.3) is 0 Å². The summed E-state index contributed by atoms with van der Waals surface area (Å²) >= 11 is 0. The van der Waals surface area contributed by atoms with Crippen molar-refractivity contribution >= 4 is 11.6 Å². The quantitative estimate of drug-likeness (QED) is 0.643. The van der Waals surface area contributed by atoms with Gasteiger partial charge in [0.25, 0.3) is 0 Å². The highest BCUT2D eigenvalue weighted by Crippen LogP contribution is 2.50. The monoisotopic (exact) mass is 304 g/mol. The first-order chi connectivity index (χ1) is 11.3. The van der Waals surface area contributed by atoms with Crippen LogP contribution >= 0.6 is 0 Å². The molecule has 2 aliphatic carbocycles. The summed E-state index contributed by atoms with van der Waals surface area (Å²) in [6.45, 7) is 0. The van der Waals surface area contributed by atoms with Gasteiger partial charge in [-0.1, -0.05) is 12.2 Å². The van der Waals surface area contributed by atoms with Crippen molar-refractivity contribution in [2.24, 2.45) is 23.7 Å². The molecule has 1 fully saturated rings. The Bertz CT molecular complexity index is 705. The van der Waals surface area contributed by atoms with Crippen molar-refractivity contribution in [2.75, 3.05) is 0 Å². The molecule has 0 radical (unpaired) electrons. The van der Waals surface area contributed by atoms with Crippen LogP contribution < -0.4 is 0 Å². The van der Waals surface area contributed by atoms with Gasteiger partial charge in [-0.15, -0.1) is 0 Å². The van der Waals surface area contributed by atoms with Crippen LogP contribution in [-0.4, -0.2) is 21.5 Å². The lowest BCUT2D eigenvalue weighted by atomic mass is 9.75. The maximum Gasteiger partial charge on any atom is 0.167 e. The van der Waals surface area contributed by atoms with Crippen molar-refractivity contribution in [2.45, 2.75) is 6.42 Å². The maximum absolute atomic E-state index is 13.0. The molecule has 4 rings (SSSR count). The number of pyridine rings is 2. The van der Waals surface area contributed by atoms with Gasteiger partial charge < -0.3 is 0 Å². The van der Waals surface area contributed by atoms with Gasteiger partial charge in [0.15, 0.2) is 11.6 Å². The smallest absolute Gasteiger partial charge is 0.167 e. The highest BCUT2D eigenvalue weighted by Gasteiger charge is 2.51. The fourth-order valence-electron chi connectivity index (χ4n) is 3.95. The van der Waals surface area contributed by atoms with Crippen LogP contribution in [0.4, 0.5) is 0 Å². The molecule has 0 aromatic carbocycles. The summed E-state index contributed by atoms with van der Waals surface area (Å²) in [6, 6.07) is 6.91. The second kappa shape index (κ2) is 5.54. The van der Waals surface area contributed by atoms with E-state index in [2.05, 4.69) is 22.1 Å². The average molecular weight is 304 g/mol. The summed E-state index contributed by atoms with van der Waals surface area (Å²) in [4.78, 5) is 33.8. The standard InChI is InChI=1S/C19H16N2O2/c22-18(12-3-7-20-8-4-12)16-14-1-2-15(11-14)17(16)19(23)13-5-9-21-10-6-13/h1-10,14-17H,11H2/t14-,15+,16?,17?. The molecule has 0 amide bonds. The second-order valence-corrected chi connectivity index (χ2v) is 6.20. The fourth-order valence-corrected chi connectivity index (χ4v) is 3.95. The molecule has 1 saturated carbocycles. The van der Waals surface area contributed by atoms with E-state index in [0.717, 1.165) is 6.42 Å². The molecule has 4 heteroatoms. The molecule has 0 saturated heterocycles. The topological polar surface area (TPSA) is 59.9 Å². The number of ketones is 2. The molecular formula is C19H16N2O2. The molecular weight excluding hydrogens is 288 g/mol. The highest BCUT2D eigenvalue weighted by atomic mass is 16.1. The fraction of sp³-hybridized carbons (Fsp3) is 0.263. The minimum Gasteiger partial charge on any atom is -0.294 e. The van der Waals surface area contributed by atoms with Crippen LogP contribution in [0.1, 0.15) is 27.1 Å². The second-order valence-electron chi connectivity index (χ2n) is 6.20. The third-order valence-electron chi connectivity index (χ3n) is 4.99. The van der Waals surface area contributed by atoms with Gasteiger partial charge in [0.1, 0.15) is 0 Å². The number of carbonyl (C=O) groups is 2. The van der Waals surface area contributed by atoms with Gasteiger partial charge >= 0.3 is 0 Å². The Kier molecular flexibility index (Phi) is 3.37. The first kappa shape index (κ1) is 14.0. The summed E-state index contributed by atoms with van der Waals surface area (Å²) in [5, 5.41) is 0. The van der Waals surface area contributed by atoms with Gasteiger partial charge in [0.05, 0.1) is 0 Å². The third-order valence-corrected chi connectivity index (χ3v) is 4.99. The summed E-state index contributed by atoms with van der Waals surface area (Å²) in [5.74, 6) is -0.109. The molecule has 0 spiro atoms. The Morgan fingerprint density at radius 1 is 0.739 bits per heavy atom. The van der Waals surface area contributed by atoms with Gasteiger partial charge in [-0.3, -0.25) is 19.6 Å². The zero-order chi connectivity index (χ0) is 15.8. The van der Waals surface area contributed by atoms with E-state index in [1.54, 1.807) is 49.1 Å². The van der Waals surface area contributed by atoms with Crippen LogP contribution in [0, 0.1) is 23.7 Å². The number of hydrogen-bond donors (Lipinski definition) is 0. The van der Waals surface area contributed by atoms with E-state index in [1.165, 1.54) is 0 Å². The number of allylic oxidation sites excluding steroid dienone is 2. The van der Waals surface area contributed by atoms with Gasteiger partial charge in [-0.25, -0.2) is 0 Å². The van der Waals surface area contributed by atoms with Gasteiger partial charge in [0, 0.05) is 47.8 Å². The molecule has 2 aliphatic rings. The van der Waals surface area contributed by atoms with Crippen molar-refractivity contribution in [3.05, 3.63) is 72.3 Å². The summed E-state index contributed by atoms with van der Waals surface area (Å²) in [7, 11) is 0. The van der Waals surface area contributed by atoms with Crippen molar-refractivity contribution in [1.29, 1.82) is 0 Å². The van der Waals surface area contributed by atoms with Crippen LogP contribution in [0.5, 0.6) is 0 Å². The lowest BCUT2D eigenvalue weighted by molar-refractivity contribution is 0.0752. The Morgan fingerprint density at radius 2 is 1.13 bits per heavy atom. The average Bonchev–Trinajstić information content (AvgIpc) is 3.23. The van der Waals surface area contributed by atoms with Crippen LogP contribution in [0.15, 0.2) is 61.2 Å².